The maximum absolute atomic E-state index is 9.97. The molecule has 3 heterocycles. The molecule has 3 aromatic heterocycles. The minimum atomic E-state index is 0.190. The highest BCUT2D eigenvalue weighted by molar-refractivity contribution is 7.14. The molecular weight excluding hydrogens is 364 g/mol. The molecule has 1 N–H and O–H groups in total. The van der Waals surface area contributed by atoms with Gasteiger partial charge in [-0.05, 0) is 35.7 Å². The van der Waals surface area contributed by atoms with E-state index in [1.54, 1.807) is 46.8 Å². The smallest absolute Gasteiger partial charge is 0.211 e. The van der Waals surface area contributed by atoms with Crippen LogP contribution in [0.2, 0.25) is 0 Å². The quantitative estimate of drug-likeness (QED) is 0.532. The second-order valence-corrected chi connectivity index (χ2v) is 7.10. The number of aromatic nitrogens is 2. The first kappa shape index (κ1) is 16.4. The van der Waals surface area contributed by atoms with Gasteiger partial charge in [0.2, 0.25) is 4.80 Å². The van der Waals surface area contributed by atoms with Gasteiger partial charge in [0.05, 0.1) is 28.7 Å². The van der Waals surface area contributed by atoms with Gasteiger partial charge in [0, 0.05) is 17.1 Å². The number of hydrogen-bond donors (Lipinski definition) is 1. The zero-order valence-corrected chi connectivity index (χ0v) is 15.2. The summed E-state index contributed by atoms with van der Waals surface area (Å²) in [6, 6.07) is 14.9. The fourth-order valence-corrected chi connectivity index (χ4v) is 3.98. The molecule has 26 heavy (non-hydrogen) atoms. The lowest BCUT2D eigenvalue weighted by Crippen LogP contribution is -2.11. The van der Waals surface area contributed by atoms with Gasteiger partial charge < -0.3 is 5.11 Å². The van der Waals surface area contributed by atoms with E-state index in [0.29, 0.717) is 5.56 Å². The summed E-state index contributed by atoms with van der Waals surface area (Å²) in [5, 5.41) is 18.6. The van der Waals surface area contributed by atoms with Gasteiger partial charge in [-0.1, -0.05) is 18.2 Å². The fraction of sp³-hybridized carbons (Fsp3) is 0. The summed E-state index contributed by atoms with van der Waals surface area (Å²) in [6.07, 6.45) is 5.07. The van der Waals surface area contributed by atoms with Crippen molar-refractivity contribution < 1.29 is 5.11 Å². The van der Waals surface area contributed by atoms with Crippen LogP contribution in [0.15, 0.2) is 81.8 Å². The fourth-order valence-electron chi connectivity index (χ4n) is 2.33. The summed E-state index contributed by atoms with van der Waals surface area (Å²) in [5.41, 5.74) is 2.37. The molecule has 4 rings (SSSR count). The molecule has 0 aliphatic carbocycles. The zero-order valence-electron chi connectivity index (χ0n) is 13.6. The number of phenols is 1. The number of phenolic OH excluding ortho intramolecular Hbond substituents is 1. The Hall–Kier alpha value is -3.03. The molecule has 7 heteroatoms. The van der Waals surface area contributed by atoms with Crippen LogP contribution in [-0.4, -0.2) is 21.0 Å². The molecule has 0 aliphatic heterocycles. The van der Waals surface area contributed by atoms with Crippen molar-refractivity contribution in [3.63, 3.8) is 0 Å². The topological polar surface area (TPSA) is 62.8 Å². The molecule has 1 aromatic carbocycles. The first-order chi connectivity index (χ1) is 12.8. The zero-order chi connectivity index (χ0) is 17.8. The molecule has 4 aromatic rings. The third kappa shape index (κ3) is 3.49. The molecule has 128 valence electrons. The number of aromatic hydroxyl groups is 1. The van der Waals surface area contributed by atoms with E-state index in [1.165, 1.54) is 11.3 Å². The van der Waals surface area contributed by atoms with Crippen LogP contribution in [-0.2, 0) is 0 Å². The van der Waals surface area contributed by atoms with Crippen LogP contribution in [0.5, 0.6) is 5.75 Å². The van der Waals surface area contributed by atoms with Crippen molar-refractivity contribution >= 4 is 34.6 Å². The molecule has 0 atom stereocenters. The molecule has 0 spiro atoms. The van der Waals surface area contributed by atoms with E-state index in [-0.39, 0.29) is 5.75 Å². The molecule has 0 saturated heterocycles. The number of para-hydroxylation sites is 1. The molecule has 0 saturated carbocycles. The number of nitrogens with zero attached hydrogens (tertiary/aromatic N) is 4. The van der Waals surface area contributed by atoms with Crippen molar-refractivity contribution in [3.8, 4) is 16.3 Å². The Labute approximate surface area is 157 Å². The lowest BCUT2D eigenvalue weighted by Gasteiger charge is -2.02. The Bertz CT molecular complexity index is 1100. The van der Waals surface area contributed by atoms with Gasteiger partial charge in [0.15, 0.2) is 0 Å². The summed E-state index contributed by atoms with van der Waals surface area (Å²) < 4.78 is 1.79. The van der Waals surface area contributed by atoms with E-state index >= 15 is 0 Å². The highest BCUT2D eigenvalue weighted by atomic mass is 32.1. The van der Waals surface area contributed by atoms with Gasteiger partial charge in [0.1, 0.15) is 5.75 Å². The van der Waals surface area contributed by atoms with Crippen LogP contribution in [0, 0.1) is 0 Å². The van der Waals surface area contributed by atoms with E-state index < -0.39 is 0 Å². The second-order valence-electron chi connectivity index (χ2n) is 5.32. The standard InChI is InChI=1S/C19H14N4OS2/c24-17-7-2-1-5-14(17)11-21-23-16(18-8-4-10-25-18)13-26-19(23)22-15-6-3-9-20-12-15/h1-13,24H. The van der Waals surface area contributed by atoms with Crippen molar-refractivity contribution in [2.75, 3.05) is 0 Å². The lowest BCUT2D eigenvalue weighted by molar-refractivity contribution is 0.474. The molecular formula is C19H14N4OS2. The molecule has 0 fully saturated rings. The van der Waals surface area contributed by atoms with E-state index in [2.05, 4.69) is 15.1 Å². The number of pyridine rings is 1. The van der Waals surface area contributed by atoms with Gasteiger partial charge in [0.25, 0.3) is 0 Å². The summed E-state index contributed by atoms with van der Waals surface area (Å²) in [6.45, 7) is 0. The molecule has 5 nitrogen and oxygen atoms in total. The molecule has 0 radical (unpaired) electrons. The summed E-state index contributed by atoms with van der Waals surface area (Å²) in [4.78, 5) is 10.6. The Kier molecular flexibility index (Phi) is 4.72. The normalized spacial score (nSPS) is 12.1. The molecule has 0 unspecified atom stereocenters. The predicted molar refractivity (Wildman–Crippen MR) is 106 cm³/mol. The van der Waals surface area contributed by atoms with Crippen LogP contribution in [0.25, 0.3) is 10.6 Å². The van der Waals surface area contributed by atoms with Gasteiger partial charge >= 0.3 is 0 Å². The van der Waals surface area contributed by atoms with Crippen molar-refractivity contribution in [2.24, 2.45) is 10.1 Å². The Balaban J connectivity index is 1.84. The van der Waals surface area contributed by atoms with Crippen LogP contribution < -0.4 is 4.80 Å². The SMILES string of the molecule is Oc1ccccc1C=Nn1c(-c2cccs2)csc1=Nc1cccnc1. The maximum Gasteiger partial charge on any atom is 0.211 e. The van der Waals surface area contributed by atoms with Crippen molar-refractivity contribution in [2.45, 2.75) is 0 Å². The van der Waals surface area contributed by atoms with E-state index in [9.17, 15) is 5.11 Å². The number of rotatable bonds is 4. The van der Waals surface area contributed by atoms with E-state index in [4.69, 9.17) is 0 Å². The minimum absolute atomic E-state index is 0.190. The second kappa shape index (κ2) is 7.47. The maximum atomic E-state index is 9.97. The Morgan fingerprint density at radius 1 is 1.04 bits per heavy atom. The summed E-state index contributed by atoms with van der Waals surface area (Å²) in [7, 11) is 0. The van der Waals surface area contributed by atoms with Gasteiger partial charge in [-0.2, -0.15) is 5.10 Å². The predicted octanol–water partition coefficient (Wildman–Crippen LogP) is 4.49. The highest BCUT2D eigenvalue weighted by Gasteiger charge is 2.08. The number of thiazole rings is 1. The van der Waals surface area contributed by atoms with Crippen LogP contribution in [0.3, 0.4) is 0 Å². The minimum Gasteiger partial charge on any atom is -0.507 e. The first-order valence-electron chi connectivity index (χ1n) is 7.83. The largest absolute Gasteiger partial charge is 0.507 e. The van der Waals surface area contributed by atoms with Crippen molar-refractivity contribution in [1.82, 2.24) is 9.66 Å². The molecule has 0 amide bonds. The van der Waals surface area contributed by atoms with E-state index in [1.807, 2.05) is 47.2 Å². The van der Waals surface area contributed by atoms with Crippen molar-refractivity contribution in [1.29, 1.82) is 0 Å². The van der Waals surface area contributed by atoms with Crippen LogP contribution in [0.1, 0.15) is 5.56 Å². The summed E-state index contributed by atoms with van der Waals surface area (Å²) in [5.74, 6) is 0.190. The monoisotopic (exact) mass is 378 g/mol. The third-order valence-electron chi connectivity index (χ3n) is 3.58. The van der Waals surface area contributed by atoms with Crippen LogP contribution in [0.4, 0.5) is 5.69 Å². The number of benzene rings is 1. The van der Waals surface area contributed by atoms with Gasteiger partial charge in [-0.15, -0.1) is 22.7 Å². The lowest BCUT2D eigenvalue weighted by atomic mass is 10.2. The average Bonchev–Trinajstić information content (AvgIpc) is 3.32. The summed E-state index contributed by atoms with van der Waals surface area (Å²) >= 11 is 3.15. The van der Waals surface area contributed by atoms with Gasteiger partial charge in [-0.3, -0.25) is 4.98 Å². The van der Waals surface area contributed by atoms with Crippen LogP contribution >= 0.6 is 22.7 Å². The Morgan fingerprint density at radius 2 is 1.96 bits per heavy atom. The van der Waals surface area contributed by atoms with Crippen molar-refractivity contribution in [3.05, 3.63) is 82.0 Å². The number of hydrogen-bond acceptors (Lipinski definition) is 6. The Morgan fingerprint density at radius 3 is 2.73 bits per heavy atom. The third-order valence-corrected chi connectivity index (χ3v) is 5.29. The van der Waals surface area contributed by atoms with E-state index in [0.717, 1.165) is 21.1 Å². The highest BCUT2D eigenvalue weighted by Crippen LogP contribution is 2.25. The number of thiophene rings is 1. The molecule has 0 aliphatic rings. The first-order valence-corrected chi connectivity index (χ1v) is 9.59. The molecule has 0 bridgehead atoms. The van der Waals surface area contributed by atoms with Gasteiger partial charge in [-0.25, -0.2) is 9.67 Å². The average molecular weight is 378 g/mol.